The summed E-state index contributed by atoms with van der Waals surface area (Å²) in [6.45, 7) is 2.36. The largest absolute Gasteiger partial charge is 0.383 e. The van der Waals surface area contributed by atoms with E-state index >= 15 is 0 Å². The topological polar surface area (TPSA) is 44.5 Å². The maximum Gasteiger partial charge on any atom is 0.0617 e. The normalized spacial score (nSPS) is 28.4. The third-order valence-corrected chi connectivity index (χ3v) is 2.16. The molecule has 2 N–H and O–H groups in total. The van der Waals surface area contributed by atoms with Gasteiger partial charge in [0.1, 0.15) is 0 Å². The van der Waals surface area contributed by atoms with Gasteiger partial charge < -0.3 is 15.2 Å². The van der Waals surface area contributed by atoms with Gasteiger partial charge in [0, 0.05) is 19.8 Å². The predicted octanol–water partition coefficient (Wildman–Crippen LogP) is 0.387. The van der Waals surface area contributed by atoms with E-state index in [0.717, 1.165) is 19.6 Å². The van der Waals surface area contributed by atoms with Crippen LogP contribution in [0.25, 0.3) is 0 Å². The molecule has 1 saturated heterocycles. The average Bonchev–Trinajstić information content (AvgIpc) is 2.07. The minimum Gasteiger partial charge on any atom is -0.383 e. The van der Waals surface area contributed by atoms with E-state index in [4.69, 9.17) is 15.2 Å². The quantitative estimate of drug-likeness (QED) is 0.647. The fourth-order valence-electron chi connectivity index (χ4n) is 1.43. The predicted molar refractivity (Wildman–Crippen MR) is 43.4 cm³/mol. The molecule has 0 aromatic heterocycles. The van der Waals surface area contributed by atoms with E-state index < -0.39 is 0 Å². The summed E-state index contributed by atoms with van der Waals surface area (Å²) in [6, 6.07) is 0.153. The van der Waals surface area contributed by atoms with E-state index in [2.05, 4.69) is 0 Å². The lowest BCUT2D eigenvalue weighted by Crippen LogP contribution is -2.38. The molecular weight excluding hydrogens is 142 g/mol. The number of nitrogens with two attached hydrogens (primary N) is 1. The Morgan fingerprint density at radius 1 is 1.73 bits per heavy atom. The second-order valence-electron chi connectivity index (χ2n) is 3.10. The first kappa shape index (κ1) is 8.97. The van der Waals surface area contributed by atoms with Gasteiger partial charge in [-0.05, 0) is 18.8 Å². The molecule has 1 rings (SSSR count). The first-order valence-electron chi connectivity index (χ1n) is 4.17. The second kappa shape index (κ2) is 4.70. The number of ether oxygens (including phenoxy) is 2. The maximum atomic E-state index is 5.85. The Bertz CT molecular complexity index is 102. The summed E-state index contributed by atoms with van der Waals surface area (Å²) in [7, 11) is 1.68. The Labute approximate surface area is 67.9 Å². The number of methoxy groups -OCH3 is 1. The Morgan fingerprint density at radius 3 is 3.09 bits per heavy atom. The molecule has 0 saturated carbocycles. The van der Waals surface area contributed by atoms with Crippen LogP contribution in [0.2, 0.25) is 0 Å². The van der Waals surface area contributed by atoms with E-state index in [1.54, 1.807) is 7.11 Å². The van der Waals surface area contributed by atoms with Crippen molar-refractivity contribution < 1.29 is 9.47 Å². The summed E-state index contributed by atoms with van der Waals surface area (Å²) in [5.41, 5.74) is 5.85. The zero-order valence-corrected chi connectivity index (χ0v) is 7.08. The minimum absolute atomic E-state index is 0.153. The van der Waals surface area contributed by atoms with Crippen LogP contribution < -0.4 is 5.73 Å². The molecule has 0 aliphatic carbocycles. The van der Waals surface area contributed by atoms with Crippen molar-refractivity contribution in [1.82, 2.24) is 0 Å². The lowest BCUT2D eigenvalue weighted by atomic mass is 9.95. The van der Waals surface area contributed by atoms with Gasteiger partial charge in [0.25, 0.3) is 0 Å². The molecule has 0 radical (unpaired) electrons. The number of hydrogen-bond donors (Lipinski definition) is 1. The van der Waals surface area contributed by atoms with Crippen LogP contribution in [0.15, 0.2) is 0 Å². The van der Waals surface area contributed by atoms with Gasteiger partial charge in [-0.15, -0.1) is 0 Å². The van der Waals surface area contributed by atoms with Crippen molar-refractivity contribution in [3.63, 3.8) is 0 Å². The van der Waals surface area contributed by atoms with Crippen LogP contribution in [0.5, 0.6) is 0 Å². The van der Waals surface area contributed by atoms with Gasteiger partial charge in [0.05, 0.1) is 13.2 Å². The van der Waals surface area contributed by atoms with Crippen LogP contribution in [0, 0.1) is 5.92 Å². The van der Waals surface area contributed by atoms with Crippen molar-refractivity contribution in [2.24, 2.45) is 11.7 Å². The lowest BCUT2D eigenvalue weighted by Gasteiger charge is -2.26. The lowest BCUT2D eigenvalue weighted by molar-refractivity contribution is 0.0305. The molecule has 3 heteroatoms. The SMILES string of the molecule is COC[C@@H](N)[C@H]1CCCOC1. The van der Waals surface area contributed by atoms with E-state index in [0.29, 0.717) is 12.5 Å². The van der Waals surface area contributed by atoms with Gasteiger partial charge in [-0.25, -0.2) is 0 Å². The molecule has 0 amide bonds. The minimum atomic E-state index is 0.153. The van der Waals surface area contributed by atoms with Crippen LogP contribution in [0.4, 0.5) is 0 Å². The second-order valence-corrected chi connectivity index (χ2v) is 3.10. The van der Waals surface area contributed by atoms with Gasteiger partial charge >= 0.3 is 0 Å². The molecule has 1 heterocycles. The Hall–Kier alpha value is -0.120. The zero-order chi connectivity index (χ0) is 8.10. The fourth-order valence-corrected chi connectivity index (χ4v) is 1.43. The molecule has 1 aliphatic heterocycles. The smallest absolute Gasteiger partial charge is 0.0617 e. The fraction of sp³-hybridized carbons (Fsp3) is 1.00. The molecule has 0 aromatic carbocycles. The van der Waals surface area contributed by atoms with E-state index in [9.17, 15) is 0 Å². The van der Waals surface area contributed by atoms with Crippen molar-refractivity contribution >= 4 is 0 Å². The van der Waals surface area contributed by atoms with Crippen molar-refractivity contribution in [2.75, 3.05) is 26.9 Å². The maximum absolute atomic E-state index is 5.85. The van der Waals surface area contributed by atoms with E-state index in [1.807, 2.05) is 0 Å². The Kier molecular flexibility index (Phi) is 3.83. The van der Waals surface area contributed by atoms with Crippen molar-refractivity contribution in [2.45, 2.75) is 18.9 Å². The Balaban J connectivity index is 2.21. The molecule has 0 spiro atoms. The van der Waals surface area contributed by atoms with Crippen LogP contribution in [0.3, 0.4) is 0 Å². The highest BCUT2D eigenvalue weighted by Gasteiger charge is 2.20. The molecule has 11 heavy (non-hydrogen) atoms. The van der Waals surface area contributed by atoms with Gasteiger partial charge in [-0.2, -0.15) is 0 Å². The summed E-state index contributed by atoms with van der Waals surface area (Å²) in [4.78, 5) is 0. The van der Waals surface area contributed by atoms with E-state index in [1.165, 1.54) is 6.42 Å². The summed E-state index contributed by atoms with van der Waals surface area (Å²) in [5, 5.41) is 0. The molecule has 1 aliphatic rings. The van der Waals surface area contributed by atoms with Gasteiger partial charge in [-0.3, -0.25) is 0 Å². The highest BCUT2D eigenvalue weighted by Crippen LogP contribution is 2.15. The monoisotopic (exact) mass is 159 g/mol. The summed E-state index contributed by atoms with van der Waals surface area (Å²) in [6.07, 6.45) is 2.33. The Morgan fingerprint density at radius 2 is 2.55 bits per heavy atom. The number of rotatable bonds is 3. The molecule has 66 valence electrons. The molecule has 0 unspecified atom stereocenters. The van der Waals surface area contributed by atoms with E-state index in [-0.39, 0.29) is 6.04 Å². The third-order valence-electron chi connectivity index (χ3n) is 2.16. The van der Waals surface area contributed by atoms with Crippen molar-refractivity contribution in [1.29, 1.82) is 0 Å². The van der Waals surface area contributed by atoms with Gasteiger partial charge in [0.15, 0.2) is 0 Å². The summed E-state index contributed by atoms with van der Waals surface area (Å²) >= 11 is 0. The van der Waals surface area contributed by atoms with Crippen LogP contribution in [-0.4, -0.2) is 33.0 Å². The molecule has 1 fully saturated rings. The molecule has 0 bridgehead atoms. The standard InChI is InChI=1S/C8H17NO2/c1-10-6-8(9)7-3-2-4-11-5-7/h7-8H,2-6,9H2,1H3/t7-,8+/m0/s1. The average molecular weight is 159 g/mol. The molecule has 3 nitrogen and oxygen atoms in total. The molecular formula is C8H17NO2. The van der Waals surface area contributed by atoms with Crippen LogP contribution in [0.1, 0.15) is 12.8 Å². The highest BCUT2D eigenvalue weighted by atomic mass is 16.5. The van der Waals surface area contributed by atoms with Crippen molar-refractivity contribution in [3.05, 3.63) is 0 Å². The highest BCUT2D eigenvalue weighted by molar-refractivity contribution is 4.74. The first-order valence-corrected chi connectivity index (χ1v) is 4.17. The summed E-state index contributed by atoms with van der Waals surface area (Å²) in [5.74, 6) is 0.503. The van der Waals surface area contributed by atoms with Gasteiger partial charge in [-0.1, -0.05) is 0 Å². The molecule has 0 aromatic rings. The first-order chi connectivity index (χ1) is 5.34. The molecule has 2 atom stereocenters. The van der Waals surface area contributed by atoms with Crippen molar-refractivity contribution in [3.8, 4) is 0 Å². The van der Waals surface area contributed by atoms with Crippen LogP contribution in [-0.2, 0) is 9.47 Å². The van der Waals surface area contributed by atoms with Gasteiger partial charge in [0.2, 0.25) is 0 Å². The zero-order valence-electron chi connectivity index (χ0n) is 7.08. The third kappa shape index (κ3) is 2.77. The van der Waals surface area contributed by atoms with Crippen LogP contribution >= 0.6 is 0 Å². The summed E-state index contributed by atoms with van der Waals surface area (Å²) < 4.78 is 10.3. The number of hydrogen-bond acceptors (Lipinski definition) is 3.